The SMILES string of the molecule is COc1cc(-c2nc(SC)[nH]c(=O)c2C#N)cc(C23CC4CC(CC(C4)C2)C3)c1O. The van der Waals surface area contributed by atoms with Crippen molar-refractivity contribution in [3.8, 4) is 28.8 Å². The third-order valence-corrected chi connectivity index (χ3v) is 7.96. The normalized spacial score (nSPS) is 29.0. The van der Waals surface area contributed by atoms with E-state index in [2.05, 4.69) is 9.97 Å². The van der Waals surface area contributed by atoms with Gasteiger partial charge in [0.2, 0.25) is 0 Å². The van der Waals surface area contributed by atoms with Gasteiger partial charge in [0.1, 0.15) is 11.6 Å². The van der Waals surface area contributed by atoms with Gasteiger partial charge in [0.15, 0.2) is 16.7 Å². The second-order valence-corrected chi connectivity index (χ2v) is 9.98. The lowest BCUT2D eigenvalue weighted by atomic mass is 9.48. The summed E-state index contributed by atoms with van der Waals surface area (Å²) in [5.74, 6) is 2.73. The van der Waals surface area contributed by atoms with Crippen molar-refractivity contribution in [1.82, 2.24) is 9.97 Å². The number of aromatic amines is 1. The molecule has 1 aromatic carbocycles. The number of H-pyrrole nitrogens is 1. The minimum Gasteiger partial charge on any atom is -0.504 e. The Balaban J connectivity index is 1.71. The van der Waals surface area contributed by atoms with Crippen molar-refractivity contribution < 1.29 is 9.84 Å². The summed E-state index contributed by atoms with van der Waals surface area (Å²) in [5, 5.41) is 21.2. The Morgan fingerprint density at radius 2 is 1.87 bits per heavy atom. The highest BCUT2D eigenvalue weighted by atomic mass is 32.2. The highest BCUT2D eigenvalue weighted by Crippen LogP contribution is 2.62. The molecule has 0 saturated heterocycles. The Bertz CT molecular complexity index is 1080. The Labute approximate surface area is 179 Å². The predicted octanol–water partition coefficient (Wildman–Crippen LogP) is 4.21. The molecule has 0 spiro atoms. The molecule has 156 valence electrons. The Morgan fingerprint density at radius 3 is 2.40 bits per heavy atom. The van der Waals surface area contributed by atoms with Gasteiger partial charge in [0.25, 0.3) is 5.56 Å². The molecule has 1 aromatic heterocycles. The molecule has 6 rings (SSSR count). The van der Waals surface area contributed by atoms with Crippen LogP contribution in [0, 0.1) is 29.1 Å². The lowest BCUT2D eigenvalue weighted by Gasteiger charge is -2.57. The minimum atomic E-state index is -0.449. The maximum atomic E-state index is 12.4. The summed E-state index contributed by atoms with van der Waals surface area (Å²) in [6, 6.07) is 5.64. The topological polar surface area (TPSA) is 99.0 Å². The van der Waals surface area contributed by atoms with E-state index in [0.717, 1.165) is 42.6 Å². The Kier molecular flexibility index (Phi) is 4.59. The molecule has 0 amide bonds. The van der Waals surface area contributed by atoms with Crippen LogP contribution in [0.2, 0.25) is 0 Å². The molecule has 7 heteroatoms. The number of hydrogen-bond donors (Lipinski definition) is 2. The fourth-order valence-corrected chi connectivity index (χ4v) is 6.98. The highest BCUT2D eigenvalue weighted by Gasteiger charge is 2.52. The second kappa shape index (κ2) is 7.05. The quantitative estimate of drug-likeness (QED) is 0.564. The first-order chi connectivity index (χ1) is 14.5. The lowest BCUT2D eigenvalue weighted by molar-refractivity contribution is -0.00624. The molecule has 2 aromatic rings. The average molecular weight is 424 g/mol. The van der Waals surface area contributed by atoms with Gasteiger partial charge in [-0.2, -0.15) is 5.26 Å². The van der Waals surface area contributed by atoms with Crippen LogP contribution in [-0.4, -0.2) is 28.4 Å². The van der Waals surface area contributed by atoms with Crippen molar-refractivity contribution in [3.63, 3.8) is 0 Å². The van der Waals surface area contributed by atoms with E-state index in [-0.39, 0.29) is 16.7 Å². The van der Waals surface area contributed by atoms with E-state index >= 15 is 0 Å². The van der Waals surface area contributed by atoms with Crippen molar-refractivity contribution in [1.29, 1.82) is 5.26 Å². The molecule has 4 bridgehead atoms. The molecule has 30 heavy (non-hydrogen) atoms. The van der Waals surface area contributed by atoms with E-state index in [4.69, 9.17) is 4.74 Å². The van der Waals surface area contributed by atoms with Crippen molar-refractivity contribution in [2.24, 2.45) is 17.8 Å². The van der Waals surface area contributed by atoms with Crippen molar-refractivity contribution in [2.75, 3.05) is 13.4 Å². The van der Waals surface area contributed by atoms with Gasteiger partial charge >= 0.3 is 0 Å². The number of rotatable bonds is 4. The Hall–Kier alpha value is -2.46. The summed E-state index contributed by atoms with van der Waals surface area (Å²) >= 11 is 1.32. The van der Waals surface area contributed by atoms with Gasteiger partial charge in [-0.25, -0.2) is 4.98 Å². The van der Waals surface area contributed by atoms with Gasteiger partial charge in [0, 0.05) is 11.1 Å². The van der Waals surface area contributed by atoms with Crippen LogP contribution in [0.25, 0.3) is 11.3 Å². The van der Waals surface area contributed by atoms with Crippen LogP contribution in [0.4, 0.5) is 0 Å². The minimum absolute atomic E-state index is 0.0167. The number of benzene rings is 1. The molecule has 2 N–H and O–H groups in total. The Morgan fingerprint density at radius 1 is 1.23 bits per heavy atom. The van der Waals surface area contributed by atoms with Gasteiger partial charge in [-0.1, -0.05) is 11.8 Å². The monoisotopic (exact) mass is 423 g/mol. The van der Waals surface area contributed by atoms with Crippen molar-refractivity contribution in [3.05, 3.63) is 33.6 Å². The summed E-state index contributed by atoms with van der Waals surface area (Å²) in [6.45, 7) is 0. The number of nitrogens with one attached hydrogen (secondary N) is 1. The molecule has 4 saturated carbocycles. The number of phenolic OH excluding ortho intramolecular Hbond substituents is 1. The van der Waals surface area contributed by atoms with Crippen LogP contribution in [0.15, 0.2) is 22.1 Å². The van der Waals surface area contributed by atoms with Gasteiger partial charge in [-0.3, -0.25) is 4.79 Å². The zero-order valence-electron chi connectivity index (χ0n) is 17.2. The van der Waals surface area contributed by atoms with E-state index in [1.165, 1.54) is 38.1 Å². The highest BCUT2D eigenvalue weighted by molar-refractivity contribution is 7.98. The number of hydrogen-bond acceptors (Lipinski definition) is 6. The zero-order valence-corrected chi connectivity index (χ0v) is 18.0. The molecule has 0 unspecified atom stereocenters. The number of thioether (sulfide) groups is 1. The summed E-state index contributed by atoms with van der Waals surface area (Å²) in [5.41, 5.74) is 1.36. The number of nitriles is 1. The number of methoxy groups -OCH3 is 1. The maximum Gasteiger partial charge on any atom is 0.270 e. The first-order valence-corrected chi connectivity index (χ1v) is 11.7. The van der Waals surface area contributed by atoms with Gasteiger partial charge < -0.3 is 14.8 Å². The largest absolute Gasteiger partial charge is 0.504 e. The fraction of sp³-hybridized carbons (Fsp3) is 0.522. The molecule has 0 aliphatic heterocycles. The molecular weight excluding hydrogens is 398 g/mol. The molecule has 6 nitrogen and oxygen atoms in total. The maximum absolute atomic E-state index is 12.4. The van der Waals surface area contributed by atoms with Gasteiger partial charge in [-0.05, 0) is 80.1 Å². The first-order valence-electron chi connectivity index (χ1n) is 10.5. The fourth-order valence-electron chi connectivity index (χ4n) is 6.61. The molecule has 4 aliphatic carbocycles. The van der Waals surface area contributed by atoms with Gasteiger partial charge in [0.05, 0.1) is 12.8 Å². The summed E-state index contributed by atoms with van der Waals surface area (Å²) < 4.78 is 5.52. The molecular formula is C23H25N3O3S. The molecule has 4 aliphatic rings. The molecule has 1 heterocycles. The van der Waals surface area contributed by atoms with Crippen LogP contribution in [0.5, 0.6) is 11.5 Å². The van der Waals surface area contributed by atoms with E-state index in [0.29, 0.717) is 22.2 Å². The molecule has 4 fully saturated rings. The summed E-state index contributed by atoms with van der Waals surface area (Å²) in [4.78, 5) is 19.6. The van der Waals surface area contributed by atoms with Gasteiger partial charge in [-0.15, -0.1) is 0 Å². The first kappa shape index (κ1) is 19.5. The number of phenols is 1. The molecule has 0 radical (unpaired) electrons. The number of aromatic hydroxyl groups is 1. The summed E-state index contributed by atoms with van der Waals surface area (Å²) in [6.07, 6.45) is 9.01. The third kappa shape index (κ3) is 2.92. The van der Waals surface area contributed by atoms with Crippen LogP contribution in [0.1, 0.15) is 49.7 Å². The zero-order chi connectivity index (χ0) is 21.0. The van der Waals surface area contributed by atoms with Crippen LogP contribution < -0.4 is 10.3 Å². The van der Waals surface area contributed by atoms with Crippen LogP contribution >= 0.6 is 11.8 Å². The van der Waals surface area contributed by atoms with Crippen molar-refractivity contribution >= 4 is 11.8 Å². The number of nitrogens with zero attached hydrogens (tertiary/aromatic N) is 2. The van der Waals surface area contributed by atoms with Crippen LogP contribution in [0.3, 0.4) is 0 Å². The number of ether oxygens (including phenoxy) is 1. The standard InChI is InChI=1S/C23H25N3O3S/c1-29-18-7-15(19-16(11-24)21(28)26-22(25-19)30-2)6-17(20(18)27)23-8-12-3-13(9-23)5-14(4-12)10-23/h6-7,12-14,27H,3-5,8-10H2,1-2H3,(H,25,26,28). The number of aromatic nitrogens is 2. The van der Waals surface area contributed by atoms with E-state index < -0.39 is 5.56 Å². The van der Waals surface area contributed by atoms with E-state index in [9.17, 15) is 15.2 Å². The average Bonchev–Trinajstić information content (AvgIpc) is 2.72. The van der Waals surface area contributed by atoms with Crippen molar-refractivity contribution in [2.45, 2.75) is 49.1 Å². The van der Waals surface area contributed by atoms with Crippen LogP contribution in [-0.2, 0) is 5.41 Å². The lowest BCUT2D eigenvalue weighted by Crippen LogP contribution is -2.48. The summed E-state index contributed by atoms with van der Waals surface area (Å²) in [7, 11) is 1.53. The molecule has 0 atom stereocenters. The van der Waals surface area contributed by atoms with E-state index in [1.807, 2.05) is 18.4 Å². The second-order valence-electron chi connectivity index (χ2n) is 9.18. The predicted molar refractivity (Wildman–Crippen MR) is 115 cm³/mol. The van der Waals surface area contributed by atoms with E-state index in [1.54, 1.807) is 6.07 Å². The smallest absolute Gasteiger partial charge is 0.270 e. The third-order valence-electron chi connectivity index (χ3n) is 7.38.